The van der Waals surface area contributed by atoms with E-state index in [-0.39, 0.29) is 15.5 Å². The van der Waals surface area contributed by atoms with Crippen LogP contribution in [0.1, 0.15) is 16.1 Å². The molecule has 1 heterocycles. The number of halogens is 1. The Labute approximate surface area is 177 Å². The molecule has 0 spiro atoms. The van der Waals surface area contributed by atoms with Crippen LogP contribution in [-0.4, -0.2) is 37.9 Å². The van der Waals surface area contributed by atoms with Crippen molar-refractivity contribution in [3.05, 3.63) is 64.8 Å². The Balaban J connectivity index is 1.88. The number of anilines is 1. The maximum Gasteiger partial charge on any atom is 0.266 e. The van der Waals surface area contributed by atoms with E-state index >= 15 is 0 Å². The SMILES string of the molecule is CON(C)S(=O)(=O)c1cc(C(=O)Nc2nc(C)c(-c3ccccc3)s2)ccc1Cl. The highest BCUT2D eigenvalue weighted by Crippen LogP contribution is 2.33. The number of hydrogen-bond acceptors (Lipinski definition) is 6. The van der Waals surface area contributed by atoms with Crippen LogP contribution < -0.4 is 5.32 Å². The summed E-state index contributed by atoms with van der Waals surface area (Å²) < 4.78 is 25.7. The lowest BCUT2D eigenvalue weighted by molar-refractivity contribution is -0.0258. The number of rotatable bonds is 6. The molecule has 3 aromatic rings. The van der Waals surface area contributed by atoms with Crippen molar-refractivity contribution in [2.24, 2.45) is 0 Å². The zero-order valence-corrected chi connectivity index (χ0v) is 18.2. The molecule has 0 saturated carbocycles. The molecule has 1 N–H and O–H groups in total. The Morgan fingerprint density at radius 2 is 1.90 bits per heavy atom. The number of hydroxylamine groups is 1. The van der Waals surface area contributed by atoms with Crippen LogP contribution in [0.4, 0.5) is 5.13 Å². The van der Waals surface area contributed by atoms with E-state index in [4.69, 9.17) is 16.4 Å². The summed E-state index contributed by atoms with van der Waals surface area (Å²) >= 11 is 7.38. The predicted octanol–water partition coefficient (Wildman–Crippen LogP) is 4.21. The lowest BCUT2D eigenvalue weighted by Crippen LogP contribution is -2.26. The number of aromatic nitrogens is 1. The molecule has 0 aliphatic carbocycles. The molecule has 0 unspecified atom stereocenters. The Bertz CT molecular complexity index is 1150. The molecule has 10 heteroatoms. The fraction of sp³-hybridized carbons (Fsp3) is 0.158. The van der Waals surface area contributed by atoms with E-state index in [1.165, 1.54) is 43.7 Å². The van der Waals surface area contributed by atoms with E-state index in [1.807, 2.05) is 37.3 Å². The summed E-state index contributed by atoms with van der Waals surface area (Å²) in [6, 6.07) is 13.7. The van der Waals surface area contributed by atoms with Crippen LogP contribution in [0.3, 0.4) is 0 Å². The van der Waals surface area contributed by atoms with E-state index in [0.717, 1.165) is 16.1 Å². The van der Waals surface area contributed by atoms with Crippen molar-refractivity contribution in [2.75, 3.05) is 19.5 Å². The maximum atomic E-state index is 12.7. The van der Waals surface area contributed by atoms with Crippen LogP contribution in [0.5, 0.6) is 0 Å². The molecule has 2 aromatic carbocycles. The average Bonchev–Trinajstić information content (AvgIpc) is 3.08. The van der Waals surface area contributed by atoms with Crippen molar-refractivity contribution in [1.82, 2.24) is 9.45 Å². The lowest BCUT2D eigenvalue weighted by atomic mass is 10.2. The molecule has 1 aromatic heterocycles. The number of sulfonamides is 1. The first-order chi connectivity index (χ1) is 13.7. The molecule has 29 heavy (non-hydrogen) atoms. The molecule has 0 bridgehead atoms. The first kappa shape index (κ1) is 21.4. The fourth-order valence-corrected chi connectivity index (χ4v) is 5.00. The molecule has 0 aliphatic rings. The van der Waals surface area contributed by atoms with Crippen molar-refractivity contribution in [3.8, 4) is 10.4 Å². The minimum Gasteiger partial charge on any atom is -0.298 e. The van der Waals surface area contributed by atoms with Gasteiger partial charge < -0.3 is 0 Å². The first-order valence-corrected chi connectivity index (χ1v) is 11.0. The van der Waals surface area contributed by atoms with Crippen LogP contribution >= 0.6 is 22.9 Å². The lowest BCUT2D eigenvalue weighted by Gasteiger charge is -2.15. The summed E-state index contributed by atoms with van der Waals surface area (Å²) in [7, 11) is -1.54. The molecule has 0 saturated heterocycles. The third kappa shape index (κ3) is 4.49. The third-order valence-electron chi connectivity index (χ3n) is 4.12. The maximum absolute atomic E-state index is 12.7. The van der Waals surface area contributed by atoms with Gasteiger partial charge in [0.25, 0.3) is 15.9 Å². The number of thiazole rings is 1. The normalized spacial score (nSPS) is 11.6. The molecule has 0 fully saturated rings. The van der Waals surface area contributed by atoms with Crippen LogP contribution in [0, 0.1) is 6.92 Å². The van der Waals surface area contributed by atoms with Crippen LogP contribution in [0.25, 0.3) is 10.4 Å². The minimum atomic E-state index is -4.00. The molecule has 0 radical (unpaired) electrons. The molecule has 3 rings (SSSR count). The number of carbonyl (C=O) groups excluding carboxylic acids is 1. The Kier molecular flexibility index (Phi) is 6.35. The monoisotopic (exact) mass is 451 g/mol. The second kappa shape index (κ2) is 8.60. The number of nitrogens with zero attached hydrogens (tertiary/aromatic N) is 2. The van der Waals surface area contributed by atoms with E-state index in [9.17, 15) is 13.2 Å². The quantitative estimate of drug-likeness (QED) is 0.567. The van der Waals surface area contributed by atoms with Gasteiger partial charge in [0.1, 0.15) is 4.90 Å². The molecular formula is C19H18ClN3O4S2. The van der Waals surface area contributed by atoms with E-state index in [0.29, 0.717) is 9.60 Å². The summed E-state index contributed by atoms with van der Waals surface area (Å²) in [5, 5.41) is 3.12. The fourth-order valence-electron chi connectivity index (χ4n) is 2.56. The summed E-state index contributed by atoms with van der Waals surface area (Å²) in [5.74, 6) is -0.494. The highest BCUT2D eigenvalue weighted by atomic mass is 35.5. The summed E-state index contributed by atoms with van der Waals surface area (Å²) in [4.78, 5) is 22.5. The number of amides is 1. The van der Waals surface area contributed by atoms with Gasteiger partial charge in [-0.2, -0.15) is 0 Å². The van der Waals surface area contributed by atoms with Gasteiger partial charge in [-0.15, -0.1) is 0 Å². The van der Waals surface area contributed by atoms with Gasteiger partial charge in [-0.25, -0.2) is 13.4 Å². The van der Waals surface area contributed by atoms with Crippen LogP contribution in [0.2, 0.25) is 5.02 Å². The van der Waals surface area contributed by atoms with Gasteiger partial charge in [0, 0.05) is 12.6 Å². The van der Waals surface area contributed by atoms with E-state index < -0.39 is 15.9 Å². The van der Waals surface area contributed by atoms with Crippen LogP contribution in [0.15, 0.2) is 53.4 Å². The van der Waals surface area contributed by atoms with Gasteiger partial charge in [0.2, 0.25) is 0 Å². The Morgan fingerprint density at radius 3 is 2.55 bits per heavy atom. The summed E-state index contributed by atoms with van der Waals surface area (Å²) in [6.45, 7) is 1.86. The predicted molar refractivity (Wildman–Crippen MR) is 114 cm³/mol. The topological polar surface area (TPSA) is 88.6 Å². The Morgan fingerprint density at radius 1 is 1.21 bits per heavy atom. The van der Waals surface area contributed by atoms with Crippen molar-refractivity contribution in [2.45, 2.75) is 11.8 Å². The second-order valence-electron chi connectivity index (χ2n) is 6.00. The highest BCUT2D eigenvalue weighted by Gasteiger charge is 2.25. The zero-order valence-electron chi connectivity index (χ0n) is 15.8. The number of hydrogen-bond donors (Lipinski definition) is 1. The summed E-state index contributed by atoms with van der Waals surface area (Å²) in [5.41, 5.74) is 1.93. The minimum absolute atomic E-state index is 0.0121. The highest BCUT2D eigenvalue weighted by molar-refractivity contribution is 7.89. The van der Waals surface area contributed by atoms with Gasteiger partial charge in [-0.1, -0.05) is 57.7 Å². The van der Waals surface area contributed by atoms with Crippen molar-refractivity contribution in [3.63, 3.8) is 0 Å². The van der Waals surface area contributed by atoms with Crippen molar-refractivity contribution in [1.29, 1.82) is 0 Å². The third-order valence-corrected chi connectivity index (χ3v) is 7.40. The molecule has 0 aliphatic heterocycles. The largest absolute Gasteiger partial charge is 0.298 e. The van der Waals surface area contributed by atoms with Gasteiger partial charge in [-0.05, 0) is 30.7 Å². The van der Waals surface area contributed by atoms with Crippen molar-refractivity contribution >= 4 is 44.0 Å². The number of carbonyl (C=O) groups is 1. The smallest absolute Gasteiger partial charge is 0.266 e. The van der Waals surface area contributed by atoms with E-state index in [2.05, 4.69) is 10.3 Å². The zero-order chi connectivity index (χ0) is 21.2. The standard InChI is InChI=1S/C19H18ClN3O4S2/c1-12-17(13-7-5-4-6-8-13)28-19(21-12)22-18(24)14-9-10-15(20)16(11-14)29(25,26)23(2)27-3/h4-11H,1-3H3,(H,21,22,24). The molecule has 0 atom stereocenters. The summed E-state index contributed by atoms with van der Waals surface area (Å²) in [6.07, 6.45) is 0. The van der Waals surface area contributed by atoms with Gasteiger partial charge in [0.05, 0.1) is 22.7 Å². The molecule has 7 nitrogen and oxygen atoms in total. The van der Waals surface area contributed by atoms with Gasteiger partial charge >= 0.3 is 0 Å². The van der Waals surface area contributed by atoms with Crippen LogP contribution in [-0.2, 0) is 14.9 Å². The van der Waals surface area contributed by atoms with E-state index in [1.54, 1.807) is 0 Å². The Hall–Kier alpha value is -2.30. The van der Waals surface area contributed by atoms with Gasteiger partial charge in [0.15, 0.2) is 5.13 Å². The number of aryl methyl sites for hydroxylation is 1. The second-order valence-corrected chi connectivity index (χ2v) is 9.31. The molecule has 1 amide bonds. The number of benzene rings is 2. The molecular weight excluding hydrogens is 434 g/mol. The van der Waals surface area contributed by atoms with Gasteiger partial charge in [-0.3, -0.25) is 14.9 Å². The number of nitrogens with one attached hydrogen (secondary N) is 1. The van der Waals surface area contributed by atoms with Crippen molar-refractivity contribution < 1.29 is 18.0 Å². The first-order valence-electron chi connectivity index (χ1n) is 8.41. The average molecular weight is 452 g/mol. The molecule has 152 valence electrons.